The molecular formula is C24H30N2O5. The minimum absolute atomic E-state index is 0.280. The van der Waals surface area contributed by atoms with Crippen LogP contribution in [0.15, 0.2) is 48.5 Å². The van der Waals surface area contributed by atoms with Gasteiger partial charge in [-0.25, -0.2) is 4.79 Å². The van der Waals surface area contributed by atoms with Crippen molar-refractivity contribution in [1.82, 2.24) is 10.9 Å². The fraction of sp³-hybridized carbons (Fsp3) is 0.375. The van der Waals surface area contributed by atoms with Gasteiger partial charge in [-0.15, -0.1) is 0 Å². The average Bonchev–Trinajstić information content (AvgIpc) is 2.76. The SMILES string of the molecule is CCOC(=O)c1ccc(OCC(=O)NNC(=O)C(C)c2ccc(CC(C)C)cc2)cc1. The highest BCUT2D eigenvalue weighted by atomic mass is 16.5. The molecule has 0 saturated carbocycles. The first-order valence-corrected chi connectivity index (χ1v) is 10.4. The fourth-order valence-electron chi connectivity index (χ4n) is 2.89. The summed E-state index contributed by atoms with van der Waals surface area (Å²) in [5.41, 5.74) is 7.27. The monoisotopic (exact) mass is 426 g/mol. The minimum Gasteiger partial charge on any atom is -0.484 e. The number of carbonyl (C=O) groups excluding carboxylic acids is 3. The van der Waals surface area contributed by atoms with Crippen LogP contribution in [-0.2, 0) is 20.7 Å². The third-order valence-corrected chi connectivity index (χ3v) is 4.58. The fourth-order valence-corrected chi connectivity index (χ4v) is 2.89. The van der Waals surface area contributed by atoms with Gasteiger partial charge in [0.15, 0.2) is 6.61 Å². The standard InChI is InChI=1S/C24H30N2O5/c1-5-30-24(29)20-10-12-21(13-11-20)31-15-22(27)25-26-23(28)17(4)19-8-6-18(7-9-19)14-16(2)3/h6-13,16-17H,5,14-15H2,1-4H3,(H,25,27)(H,26,28). The van der Waals surface area contributed by atoms with Crippen molar-refractivity contribution in [2.45, 2.75) is 40.0 Å². The summed E-state index contributed by atoms with van der Waals surface area (Å²) in [6, 6.07) is 14.2. The Hall–Kier alpha value is -3.35. The van der Waals surface area contributed by atoms with Crippen molar-refractivity contribution < 1.29 is 23.9 Å². The smallest absolute Gasteiger partial charge is 0.338 e. The van der Waals surface area contributed by atoms with Crippen LogP contribution in [0.1, 0.15) is 55.1 Å². The van der Waals surface area contributed by atoms with E-state index in [1.807, 2.05) is 24.3 Å². The second-order valence-electron chi connectivity index (χ2n) is 7.63. The van der Waals surface area contributed by atoms with Gasteiger partial charge in [0.1, 0.15) is 5.75 Å². The van der Waals surface area contributed by atoms with E-state index in [1.54, 1.807) is 38.1 Å². The number of carbonyl (C=O) groups is 3. The maximum absolute atomic E-state index is 12.3. The van der Waals surface area contributed by atoms with Gasteiger partial charge in [0.25, 0.3) is 5.91 Å². The topological polar surface area (TPSA) is 93.7 Å². The summed E-state index contributed by atoms with van der Waals surface area (Å²) in [5.74, 6) is -0.655. The number of esters is 1. The summed E-state index contributed by atoms with van der Waals surface area (Å²) in [4.78, 5) is 35.9. The molecule has 1 unspecified atom stereocenters. The lowest BCUT2D eigenvalue weighted by Gasteiger charge is -2.14. The van der Waals surface area contributed by atoms with Crippen LogP contribution in [0.2, 0.25) is 0 Å². The zero-order valence-electron chi connectivity index (χ0n) is 18.4. The van der Waals surface area contributed by atoms with E-state index >= 15 is 0 Å². The van der Waals surface area contributed by atoms with Crippen molar-refractivity contribution >= 4 is 17.8 Å². The molecule has 0 aromatic heterocycles. The first-order valence-electron chi connectivity index (χ1n) is 10.4. The van der Waals surface area contributed by atoms with Gasteiger partial charge >= 0.3 is 5.97 Å². The molecule has 2 aromatic carbocycles. The van der Waals surface area contributed by atoms with E-state index in [1.165, 1.54) is 5.56 Å². The Bertz CT molecular complexity index is 876. The van der Waals surface area contributed by atoms with Crippen LogP contribution < -0.4 is 15.6 Å². The lowest BCUT2D eigenvalue weighted by atomic mass is 9.96. The van der Waals surface area contributed by atoms with Crippen LogP contribution in [0, 0.1) is 5.92 Å². The van der Waals surface area contributed by atoms with Crippen molar-refractivity contribution in [1.29, 1.82) is 0 Å². The maximum atomic E-state index is 12.3. The molecule has 0 aliphatic carbocycles. The van der Waals surface area contributed by atoms with E-state index in [-0.39, 0.29) is 12.5 Å². The van der Waals surface area contributed by atoms with Crippen LogP contribution in [0.25, 0.3) is 0 Å². The molecule has 0 spiro atoms. The number of benzene rings is 2. The second kappa shape index (κ2) is 11.7. The van der Waals surface area contributed by atoms with Gasteiger partial charge in [-0.2, -0.15) is 0 Å². The molecule has 2 rings (SSSR count). The molecular weight excluding hydrogens is 396 g/mol. The molecule has 0 aliphatic heterocycles. The summed E-state index contributed by atoms with van der Waals surface area (Å²) >= 11 is 0. The first kappa shape index (κ1) is 23.9. The Morgan fingerprint density at radius 3 is 2.13 bits per heavy atom. The normalized spacial score (nSPS) is 11.5. The third kappa shape index (κ3) is 7.77. The summed E-state index contributed by atoms with van der Waals surface area (Å²) in [5, 5.41) is 0. The number of hydrogen-bond acceptors (Lipinski definition) is 5. The lowest BCUT2D eigenvalue weighted by Crippen LogP contribution is -2.45. The molecule has 2 aromatic rings. The average molecular weight is 427 g/mol. The van der Waals surface area contributed by atoms with Crippen LogP contribution in [0.4, 0.5) is 0 Å². The maximum Gasteiger partial charge on any atom is 0.338 e. The van der Waals surface area contributed by atoms with Crippen molar-refractivity contribution in [2.75, 3.05) is 13.2 Å². The number of hydrazine groups is 1. The van der Waals surface area contributed by atoms with Crippen LogP contribution in [0.5, 0.6) is 5.75 Å². The van der Waals surface area contributed by atoms with Crippen LogP contribution >= 0.6 is 0 Å². The number of nitrogens with one attached hydrogen (secondary N) is 2. The number of ether oxygens (including phenoxy) is 2. The molecule has 7 nitrogen and oxygen atoms in total. The number of rotatable bonds is 9. The van der Waals surface area contributed by atoms with Gasteiger partial charge in [0.05, 0.1) is 18.1 Å². The van der Waals surface area contributed by atoms with Crippen LogP contribution in [-0.4, -0.2) is 31.0 Å². The molecule has 7 heteroatoms. The van der Waals surface area contributed by atoms with E-state index in [0.29, 0.717) is 23.8 Å². The summed E-state index contributed by atoms with van der Waals surface area (Å²) in [6.07, 6.45) is 0.989. The van der Waals surface area contributed by atoms with Crippen molar-refractivity contribution in [3.05, 3.63) is 65.2 Å². The Morgan fingerprint density at radius 2 is 1.55 bits per heavy atom. The summed E-state index contributed by atoms with van der Waals surface area (Å²) in [7, 11) is 0. The third-order valence-electron chi connectivity index (χ3n) is 4.58. The van der Waals surface area contributed by atoms with Gasteiger partial charge in [0.2, 0.25) is 5.91 Å². The highest BCUT2D eigenvalue weighted by molar-refractivity contribution is 5.89. The van der Waals surface area contributed by atoms with E-state index in [2.05, 4.69) is 24.7 Å². The van der Waals surface area contributed by atoms with Gasteiger partial charge in [-0.3, -0.25) is 20.4 Å². The van der Waals surface area contributed by atoms with E-state index < -0.39 is 17.8 Å². The molecule has 0 fully saturated rings. The van der Waals surface area contributed by atoms with E-state index in [0.717, 1.165) is 12.0 Å². The van der Waals surface area contributed by atoms with Gasteiger partial charge < -0.3 is 9.47 Å². The Kier molecular flexibility index (Phi) is 9.06. The molecule has 2 N–H and O–H groups in total. The van der Waals surface area contributed by atoms with Gasteiger partial charge in [-0.05, 0) is 61.6 Å². The van der Waals surface area contributed by atoms with Crippen molar-refractivity contribution in [2.24, 2.45) is 5.92 Å². The van der Waals surface area contributed by atoms with Crippen molar-refractivity contribution in [3.8, 4) is 5.75 Å². The Labute approximate surface area is 183 Å². The lowest BCUT2D eigenvalue weighted by molar-refractivity contribution is -0.130. The molecule has 0 aliphatic rings. The molecule has 0 bridgehead atoms. The predicted octanol–water partition coefficient (Wildman–Crippen LogP) is 3.39. The van der Waals surface area contributed by atoms with E-state index in [9.17, 15) is 14.4 Å². The summed E-state index contributed by atoms with van der Waals surface area (Å²) < 4.78 is 10.3. The van der Waals surface area contributed by atoms with Gasteiger partial charge in [-0.1, -0.05) is 38.1 Å². The molecule has 166 valence electrons. The molecule has 1 atom stereocenters. The zero-order chi connectivity index (χ0) is 22.8. The zero-order valence-corrected chi connectivity index (χ0v) is 18.4. The highest BCUT2D eigenvalue weighted by Gasteiger charge is 2.16. The molecule has 0 heterocycles. The van der Waals surface area contributed by atoms with Crippen LogP contribution in [0.3, 0.4) is 0 Å². The second-order valence-corrected chi connectivity index (χ2v) is 7.63. The van der Waals surface area contributed by atoms with Crippen molar-refractivity contribution in [3.63, 3.8) is 0 Å². The molecule has 0 radical (unpaired) electrons. The minimum atomic E-state index is -0.498. The molecule has 0 saturated heterocycles. The molecule has 2 amide bonds. The largest absolute Gasteiger partial charge is 0.484 e. The molecule has 31 heavy (non-hydrogen) atoms. The highest BCUT2D eigenvalue weighted by Crippen LogP contribution is 2.17. The Morgan fingerprint density at radius 1 is 0.903 bits per heavy atom. The number of amides is 2. The quantitative estimate of drug-likeness (QED) is 0.474. The van der Waals surface area contributed by atoms with E-state index in [4.69, 9.17) is 9.47 Å². The Balaban J connectivity index is 1.77. The van der Waals surface area contributed by atoms with Gasteiger partial charge in [0, 0.05) is 0 Å². The first-order chi connectivity index (χ1) is 14.8. The summed E-state index contributed by atoms with van der Waals surface area (Å²) in [6.45, 7) is 7.85. The predicted molar refractivity (Wildman–Crippen MR) is 118 cm³/mol. The number of hydrogen-bond donors (Lipinski definition) is 2.